The molecule has 0 fully saturated rings. The van der Waals surface area contributed by atoms with Gasteiger partial charge >= 0.3 is 0 Å². The second-order valence-corrected chi connectivity index (χ2v) is 4.71. The minimum Gasteiger partial charge on any atom is -0.371 e. The zero-order valence-electron chi connectivity index (χ0n) is 11.2. The van der Waals surface area contributed by atoms with Crippen molar-refractivity contribution < 1.29 is 4.74 Å². The molecule has 0 saturated heterocycles. The van der Waals surface area contributed by atoms with Crippen LogP contribution in [-0.2, 0) is 16.9 Å². The predicted molar refractivity (Wildman–Crippen MR) is 70.2 cm³/mol. The van der Waals surface area contributed by atoms with Gasteiger partial charge in [0, 0.05) is 13.7 Å². The van der Waals surface area contributed by atoms with Crippen LogP contribution in [0.25, 0.3) is 11.0 Å². The summed E-state index contributed by atoms with van der Waals surface area (Å²) in [5.74, 6) is 0.887. The topological polar surface area (TPSA) is 50.8 Å². The van der Waals surface area contributed by atoms with E-state index in [1.54, 1.807) is 7.11 Å². The van der Waals surface area contributed by atoms with Gasteiger partial charge in [0.15, 0.2) is 0 Å². The summed E-state index contributed by atoms with van der Waals surface area (Å²) in [5.41, 5.74) is 2.07. The van der Waals surface area contributed by atoms with Gasteiger partial charge in [-0.3, -0.25) is 0 Å². The summed E-state index contributed by atoms with van der Waals surface area (Å²) in [4.78, 5) is 4.62. The first-order valence-corrected chi connectivity index (χ1v) is 5.99. The van der Waals surface area contributed by atoms with E-state index < -0.39 is 5.60 Å². The Labute approximate surface area is 107 Å². The number of aryl methyl sites for hydroxylation is 1. The van der Waals surface area contributed by atoms with Crippen molar-refractivity contribution in [1.82, 2.24) is 9.55 Å². The van der Waals surface area contributed by atoms with Crippen molar-refractivity contribution >= 4 is 11.0 Å². The molecule has 0 aliphatic heterocycles. The Hall–Kier alpha value is -1.86. The molecule has 0 aliphatic rings. The molecule has 0 bridgehead atoms. The zero-order valence-corrected chi connectivity index (χ0v) is 11.2. The van der Waals surface area contributed by atoms with E-state index in [1.165, 1.54) is 0 Å². The van der Waals surface area contributed by atoms with Crippen LogP contribution >= 0.6 is 0 Å². The van der Waals surface area contributed by atoms with E-state index in [2.05, 4.69) is 22.5 Å². The number of nitriles is 1. The van der Waals surface area contributed by atoms with E-state index in [0.29, 0.717) is 5.56 Å². The summed E-state index contributed by atoms with van der Waals surface area (Å²) < 4.78 is 7.63. The van der Waals surface area contributed by atoms with E-state index >= 15 is 0 Å². The Balaban J connectivity index is 2.72. The smallest absolute Gasteiger partial charge is 0.141 e. The number of fused-ring (bicyclic) bond motifs is 1. The number of hydrogen-bond acceptors (Lipinski definition) is 3. The molecule has 0 saturated carbocycles. The van der Waals surface area contributed by atoms with Crippen LogP contribution in [0.1, 0.15) is 32.2 Å². The highest BCUT2D eigenvalue weighted by molar-refractivity contribution is 5.78. The third-order valence-electron chi connectivity index (χ3n) is 3.24. The highest BCUT2D eigenvalue weighted by Crippen LogP contribution is 2.27. The van der Waals surface area contributed by atoms with Gasteiger partial charge in [-0.2, -0.15) is 5.26 Å². The van der Waals surface area contributed by atoms with Crippen LogP contribution in [-0.4, -0.2) is 16.7 Å². The summed E-state index contributed by atoms with van der Waals surface area (Å²) in [7, 11) is 1.68. The number of methoxy groups -OCH3 is 1. The zero-order chi connectivity index (χ0) is 13.3. The molecule has 1 aromatic heterocycles. The molecule has 94 valence electrons. The van der Waals surface area contributed by atoms with Crippen LogP contribution in [0.15, 0.2) is 18.2 Å². The minimum absolute atomic E-state index is 0.443. The molecule has 1 aromatic carbocycles. The first-order valence-electron chi connectivity index (χ1n) is 5.99. The molecule has 1 heterocycles. The van der Waals surface area contributed by atoms with Gasteiger partial charge in [-0.1, -0.05) is 0 Å². The number of hydrogen-bond donors (Lipinski definition) is 0. The Bertz CT molecular complexity index is 620. The number of rotatable bonds is 3. The molecular weight excluding hydrogens is 226 g/mol. The summed E-state index contributed by atoms with van der Waals surface area (Å²) >= 11 is 0. The minimum atomic E-state index is -0.443. The number of nitrogens with zero attached hydrogens (tertiary/aromatic N) is 3. The van der Waals surface area contributed by atoms with Crippen molar-refractivity contribution in [3.05, 3.63) is 29.6 Å². The van der Waals surface area contributed by atoms with Gasteiger partial charge < -0.3 is 9.30 Å². The van der Waals surface area contributed by atoms with Crippen LogP contribution in [0, 0.1) is 11.3 Å². The lowest BCUT2D eigenvalue weighted by atomic mass is 10.1. The van der Waals surface area contributed by atoms with Gasteiger partial charge in [0.1, 0.15) is 11.4 Å². The fourth-order valence-electron chi connectivity index (χ4n) is 2.07. The first kappa shape index (κ1) is 12.6. The molecule has 2 aromatic rings. The van der Waals surface area contributed by atoms with Gasteiger partial charge in [-0.25, -0.2) is 4.98 Å². The number of ether oxygens (including phenoxy) is 1. The number of imidazole rings is 1. The Morgan fingerprint density at radius 1 is 1.44 bits per heavy atom. The predicted octanol–water partition coefficient (Wildman–Crippen LogP) is 2.81. The van der Waals surface area contributed by atoms with Gasteiger partial charge in [-0.05, 0) is 39.0 Å². The number of aromatic nitrogens is 2. The Morgan fingerprint density at radius 3 is 2.72 bits per heavy atom. The van der Waals surface area contributed by atoms with Gasteiger partial charge in [0.2, 0.25) is 0 Å². The quantitative estimate of drug-likeness (QED) is 0.832. The third-order valence-corrected chi connectivity index (χ3v) is 3.24. The maximum atomic E-state index is 8.93. The molecule has 2 rings (SSSR count). The Kier molecular flexibility index (Phi) is 3.10. The maximum absolute atomic E-state index is 8.93. The van der Waals surface area contributed by atoms with E-state index in [-0.39, 0.29) is 0 Å². The maximum Gasteiger partial charge on any atom is 0.141 e. The van der Waals surface area contributed by atoms with E-state index in [1.807, 2.05) is 32.0 Å². The molecule has 4 nitrogen and oxygen atoms in total. The lowest BCUT2D eigenvalue weighted by molar-refractivity contribution is 0.00907. The Morgan fingerprint density at radius 2 is 2.17 bits per heavy atom. The van der Waals surface area contributed by atoms with Crippen molar-refractivity contribution in [1.29, 1.82) is 5.26 Å². The summed E-state index contributed by atoms with van der Waals surface area (Å²) in [6, 6.07) is 7.72. The molecule has 0 spiro atoms. The fraction of sp³-hybridized carbons (Fsp3) is 0.429. The van der Waals surface area contributed by atoms with Crippen LogP contribution in [0.3, 0.4) is 0 Å². The second kappa shape index (κ2) is 4.43. The molecular formula is C14H17N3O. The van der Waals surface area contributed by atoms with E-state index in [9.17, 15) is 0 Å². The molecule has 0 amide bonds. The second-order valence-electron chi connectivity index (χ2n) is 4.71. The average Bonchev–Trinajstić information content (AvgIpc) is 2.76. The summed E-state index contributed by atoms with van der Waals surface area (Å²) in [6.07, 6.45) is 0. The molecule has 4 heteroatoms. The van der Waals surface area contributed by atoms with Crippen molar-refractivity contribution in [3.8, 4) is 6.07 Å². The highest BCUT2D eigenvalue weighted by Gasteiger charge is 2.26. The van der Waals surface area contributed by atoms with Crippen LogP contribution in [0.4, 0.5) is 0 Å². The van der Waals surface area contributed by atoms with Crippen LogP contribution in [0.5, 0.6) is 0 Å². The molecule has 0 unspecified atom stereocenters. The third kappa shape index (κ3) is 1.87. The molecule has 18 heavy (non-hydrogen) atoms. The van der Waals surface area contributed by atoms with Crippen molar-refractivity contribution in [2.45, 2.75) is 32.9 Å². The highest BCUT2D eigenvalue weighted by atomic mass is 16.5. The van der Waals surface area contributed by atoms with Crippen LogP contribution in [0.2, 0.25) is 0 Å². The van der Waals surface area contributed by atoms with Crippen molar-refractivity contribution in [2.24, 2.45) is 0 Å². The molecule has 0 radical (unpaired) electrons. The van der Waals surface area contributed by atoms with Gasteiger partial charge in [-0.15, -0.1) is 0 Å². The number of benzene rings is 1. The average molecular weight is 243 g/mol. The lowest BCUT2D eigenvalue weighted by Gasteiger charge is -2.23. The molecule has 0 atom stereocenters. The van der Waals surface area contributed by atoms with E-state index in [4.69, 9.17) is 10.00 Å². The summed E-state index contributed by atoms with van der Waals surface area (Å²) in [5, 5.41) is 8.93. The van der Waals surface area contributed by atoms with Crippen molar-refractivity contribution in [3.63, 3.8) is 0 Å². The normalized spacial score (nSPS) is 11.7. The lowest BCUT2D eigenvalue weighted by Crippen LogP contribution is -2.24. The van der Waals surface area contributed by atoms with Crippen molar-refractivity contribution in [2.75, 3.05) is 7.11 Å². The molecule has 0 N–H and O–H groups in total. The monoisotopic (exact) mass is 243 g/mol. The first-order chi connectivity index (χ1) is 8.53. The fourth-order valence-corrected chi connectivity index (χ4v) is 2.07. The molecule has 0 aliphatic carbocycles. The largest absolute Gasteiger partial charge is 0.371 e. The van der Waals surface area contributed by atoms with Crippen LogP contribution < -0.4 is 0 Å². The van der Waals surface area contributed by atoms with Gasteiger partial charge in [0.25, 0.3) is 0 Å². The summed E-state index contributed by atoms with van der Waals surface area (Å²) in [6.45, 7) is 6.89. The van der Waals surface area contributed by atoms with E-state index in [0.717, 1.165) is 23.4 Å². The SMILES string of the molecule is CCn1c(C(C)(C)OC)nc2cc(C#N)ccc21. The standard InChI is InChI=1S/C14H17N3O/c1-5-17-12-7-6-10(9-15)8-11(12)16-13(17)14(2,3)18-4/h6-8H,5H2,1-4H3. The van der Waals surface area contributed by atoms with Gasteiger partial charge in [0.05, 0.1) is 22.7 Å².